The lowest BCUT2D eigenvalue weighted by molar-refractivity contribution is 0.140. The molecule has 1 aliphatic rings. The summed E-state index contributed by atoms with van der Waals surface area (Å²) in [4.78, 5) is 0. The van der Waals surface area contributed by atoms with Crippen molar-refractivity contribution in [3.8, 4) is 0 Å². The molecule has 1 saturated carbocycles. The zero-order valence-electron chi connectivity index (χ0n) is 11.7. The first-order chi connectivity index (χ1) is 8.68. The van der Waals surface area contributed by atoms with Gasteiger partial charge in [0.1, 0.15) is 0 Å². The first-order valence-corrected chi connectivity index (χ1v) is 7.40. The maximum atomic E-state index is 10.3. The van der Waals surface area contributed by atoms with E-state index in [0.717, 1.165) is 24.5 Å². The third-order valence-corrected chi connectivity index (χ3v) is 4.10. The van der Waals surface area contributed by atoms with E-state index in [1.54, 1.807) is 6.20 Å². The van der Waals surface area contributed by atoms with Crippen molar-refractivity contribution >= 4 is 0 Å². The molecule has 18 heavy (non-hydrogen) atoms. The summed E-state index contributed by atoms with van der Waals surface area (Å²) in [6.07, 6.45) is 10.4. The Kier molecular flexibility index (Phi) is 4.81. The smallest absolute Gasteiger partial charge is 0.0956 e. The summed E-state index contributed by atoms with van der Waals surface area (Å²) in [6, 6.07) is 2.27. The topological polar surface area (TPSA) is 38.0 Å². The van der Waals surface area contributed by atoms with Crippen LogP contribution in [0.2, 0.25) is 0 Å². The van der Waals surface area contributed by atoms with E-state index < -0.39 is 0 Å². The van der Waals surface area contributed by atoms with E-state index in [0.29, 0.717) is 6.04 Å². The molecule has 1 aromatic heterocycles. The SMILES string of the molecule is CC(C)n1nccc1C(O)CCC1CCCCC1. The van der Waals surface area contributed by atoms with Gasteiger partial charge in [-0.2, -0.15) is 5.10 Å². The Morgan fingerprint density at radius 1 is 1.33 bits per heavy atom. The molecule has 1 fully saturated rings. The number of aromatic nitrogens is 2. The van der Waals surface area contributed by atoms with Crippen LogP contribution >= 0.6 is 0 Å². The lowest BCUT2D eigenvalue weighted by Crippen LogP contribution is -2.13. The average molecular weight is 250 g/mol. The van der Waals surface area contributed by atoms with E-state index in [1.165, 1.54) is 32.1 Å². The molecule has 1 N–H and O–H groups in total. The van der Waals surface area contributed by atoms with Crippen molar-refractivity contribution in [1.82, 2.24) is 9.78 Å². The minimum absolute atomic E-state index is 0.319. The maximum absolute atomic E-state index is 10.3. The van der Waals surface area contributed by atoms with Crippen LogP contribution in [0.1, 0.15) is 76.6 Å². The van der Waals surface area contributed by atoms with Gasteiger partial charge in [-0.1, -0.05) is 32.1 Å². The predicted octanol–water partition coefficient (Wildman–Crippen LogP) is 3.86. The molecular formula is C15H26N2O. The summed E-state index contributed by atoms with van der Waals surface area (Å²) < 4.78 is 1.94. The fourth-order valence-electron chi connectivity index (χ4n) is 3.04. The lowest BCUT2D eigenvalue weighted by atomic mass is 9.85. The van der Waals surface area contributed by atoms with Crippen molar-refractivity contribution in [3.05, 3.63) is 18.0 Å². The highest BCUT2D eigenvalue weighted by molar-refractivity contribution is 5.05. The largest absolute Gasteiger partial charge is 0.387 e. The van der Waals surface area contributed by atoms with Crippen molar-refractivity contribution in [2.45, 2.75) is 70.9 Å². The Morgan fingerprint density at radius 2 is 2.06 bits per heavy atom. The van der Waals surface area contributed by atoms with Crippen LogP contribution in [0.15, 0.2) is 12.3 Å². The van der Waals surface area contributed by atoms with Gasteiger partial charge >= 0.3 is 0 Å². The highest BCUT2D eigenvalue weighted by Gasteiger charge is 2.18. The molecule has 3 heteroatoms. The molecule has 3 nitrogen and oxygen atoms in total. The third kappa shape index (κ3) is 3.35. The van der Waals surface area contributed by atoms with Crippen LogP contribution in [0.25, 0.3) is 0 Å². The van der Waals surface area contributed by atoms with Crippen molar-refractivity contribution in [3.63, 3.8) is 0 Å². The van der Waals surface area contributed by atoms with Gasteiger partial charge in [-0.3, -0.25) is 4.68 Å². The zero-order chi connectivity index (χ0) is 13.0. The Hall–Kier alpha value is -0.830. The Balaban J connectivity index is 1.86. The molecule has 1 unspecified atom stereocenters. The molecule has 0 amide bonds. The number of nitrogens with zero attached hydrogens (tertiary/aromatic N) is 2. The Morgan fingerprint density at radius 3 is 2.72 bits per heavy atom. The summed E-state index contributed by atoms with van der Waals surface area (Å²) in [5.41, 5.74) is 0.973. The molecule has 0 aliphatic heterocycles. The van der Waals surface area contributed by atoms with E-state index in [2.05, 4.69) is 18.9 Å². The minimum atomic E-state index is -0.350. The monoisotopic (exact) mass is 250 g/mol. The number of hydrogen-bond acceptors (Lipinski definition) is 2. The normalized spacial score (nSPS) is 19.3. The first-order valence-electron chi connectivity index (χ1n) is 7.40. The lowest BCUT2D eigenvalue weighted by Gasteiger charge is -2.23. The molecule has 0 spiro atoms. The van der Waals surface area contributed by atoms with Gasteiger partial charge in [0.2, 0.25) is 0 Å². The highest BCUT2D eigenvalue weighted by atomic mass is 16.3. The molecule has 1 aromatic rings. The van der Waals surface area contributed by atoms with Crippen molar-refractivity contribution in [2.75, 3.05) is 0 Å². The Bertz CT molecular complexity index is 353. The van der Waals surface area contributed by atoms with Gasteiger partial charge < -0.3 is 5.11 Å². The maximum Gasteiger partial charge on any atom is 0.0956 e. The average Bonchev–Trinajstić information content (AvgIpc) is 2.86. The summed E-state index contributed by atoms with van der Waals surface area (Å²) in [7, 11) is 0. The highest BCUT2D eigenvalue weighted by Crippen LogP contribution is 2.30. The van der Waals surface area contributed by atoms with E-state index >= 15 is 0 Å². The molecule has 0 bridgehead atoms. The molecule has 2 rings (SSSR count). The van der Waals surface area contributed by atoms with Crippen LogP contribution in [-0.4, -0.2) is 14.9 Å². The van der Waals surface area contributed by atoms with Gasteiger partial charge in [-0.05, 0) is 38.7 Å². The van der Waals surface area contributed by atoms with Gasteiger partial charge in [0, 0.05) is 12.2 Å². The summed E-state index contributed by atoms with van der Waals surface area (Å²) >= 11 is 0. The quantitative estimate of drug-likeness (QED) is 0.861. The van der Waals surface area contributed by atoms with E-state index in [1.807, 2.05) is 10.7 Å². The molecule has 0 saturated heterocycles. The molecule has 0 radical (unpaired) electrons. The first kappa shape index (κ1) is 13.6. The van der Waals surface area contributed by atoms with Crippen LogP contribution in [0.5, 0.6) is 0 Å². The minimum Gasteiger partial charge on any atom is -0.387 e. The van der Waals surface area contributed by atoms with Crippen LogP contribution in [-0.2, 0) is 0 Å². The second kappa shape index (κ2) is 6.37. The zero-order valence-corrected chi connectivity index (χ0v) is 11.7. The van der Waals surface area contributed by atoms with Crippen molar-refractivity contribution < 1.29 is 5.11 Å². The molecule has 1 heterocycles. The van der Waals surface area contributed by atoms with E-state index in [9.17, 15) is 5.11 Å². The number of aliphatic hydroxyl groups is 1. The second-order valence-electron chi connectivity index (χ2n) is 5.89. The summed E-state index contributed by atoms with van der Waals surface area (Å²) in [6.45, 7) is 4.20. The van der Waals surface area contributed by atoms with E-state index in [-0.39, 0.29) is 6.10 Å². The summed E-state index contributed by atoms with van der Waals surface area (Å²) in [5.74, 6) is 0.837. The molecule has 0 aromatic carbocycles. The number of aliphatic hydroxyl groups excluding tert-OH is 1. The fourth-order valence-corrected chi connectivity index (χ4v) is 3.04. The summed E-state index contributed by atoms with van der Waals surface area (Å²) in [5, 5.41) is 14.6. The predicted molar refractivity (Wildman–Crippen MR) is 73.4 cm³/mol. The standard InChI is InChI=1S/C15H26N2O/c1-12(2)17-14(10-11-16-17)15(18)9-8-13-6-4-3-5-7-13/h10-13,15,18H,3-9H2,1-2H3. The number of hydrogen-bond donors (Lipinski definition) is 1. The fraction of sp³-hybridized carbons (Fsp3) is 0.800. The van der Waals surface area contributed by atoms with Gasteiger partial charge in [0.15, 0.2) is 0 Å². The van der Waals surface area contributed by atoms with Crippen LogP contribution in [0, 0.1) is 5.92 Å². The number of rotatable bonds is 5. The molecular weight excluding hydrogens is 224 g/mol. The van der Waals surface area contributed by atoms with Crippen LogP contribution < -0.4 is 0 Å². The van der Waals surface area contributed by atoms with Gasteiger partial charge in [-0.25, -0.2) is 0 Å². The Labute approximate surface area is 110 Å². The second-order valence-corrected chi connectivity index (χ2v) is 5.89. The van der Waals surface area contributed by atoms with Crippen LogP contribution in [0.4, 0.5) is 0 Å². The van der Waals surface area contributed by atoms with Gasteiger partial charge in [0.25, 0.3) is 0 Å². The molecule has 1 atom stereocenters. The van der Waals surface area contributed by atoms with Gasteiger partial charge in [0.05, 0.1) is 11.8 Å². The molecule has 102 valence electrons. The third-order valence-electron chi connectivity index (χ3n) is 4.10. The van der Waals surface area contributed by atoms with E-state index in [4.69, 9.17) is 0 Å². The van der Waals surface area contributed by atoms with Gasteiger partial charge in [-0.15, -0.1) is 0 Å². The van der Waals surface area contributed by atoms with Crippen molar-refractivity contribution in [2.24, 2.45) is 5.92 Å². The molecule has 1 aliphatic carbocycles. The van der Waals surface area contributed by atoms with Crippen molar-refractivity contribution in [1.29, 1.82) is 0 Å². The van der Waals surface area contributed by atoms with Crippen LogP contribution in [0.3, 0.4) is 0 Å².